The molecule has 0 aliphatic carbocycles. The van der Waals surface area contributed by atoms with Crippen molar-refractivity contribution in [2.45, 2.75) is 11.2 Å². The van der Waals surface area contributed by atoms with Crippen molar-refractivity contribution < 1.29 is 0 Å². The van der Waals surface area contributed by atoms with Crippen molar-refractivity contribution in [3.63, 3.8) is 0 Å². The molecule has 0 amide bonds. The number of rotatable bonds is 2. The molecule has 3 aromatic carbocycles. The first-order chi connectivity index (χ1) is 8.86. The van der Waals surface area contributed by atoms with Crippen molar-refractivity contribution in [1.82, 2.24) is 0 Å². The van der Waals surface area contributed by atoms with Gasteiger partial charge < -0.3 is 0 Å². The first-order valence-corrected chi connectivity index (χ1v) is 7.55. The molecule has 0 fully saturated rings. The van der Waals surface area contributed by atoms with Crippen molar-refractivity contribution in [1.29, 1.82) is 0 Å². The van der Waals surface area contributed by atoms with Gasteiger partial charge in [-0.1, -0.05) is 64.5 Å². The Labute approximate surface area is 120 Å². The Hall–Kier alpha value is -1.05. The molecule has 0 spiro atoms. The predicted octanol–water partition coefficient (Wildman–Crippen LogP) is 5.63. The van der Waals surface area contributed by atoms with Crippen LogP contribution in [0.3, 0.4) is 0 Å². The Morgan fingerprint density at radius 2 is 1.17 bits per heavy atom. The summed E-state index contributed by atoms with van der Waals surface area (Å²) >= 11 is 9.77. The van der Waals surface area contributed by atoms with Crippen LogP contribution in [-0.2, 0) is 11.2 Å². The molecule has 3 aromatic rings. The Morgan fingerprint density at radius 3 is 1.61 bits per heavy atom. The van der Waals surface area contributed by atoms with Crippen LogP contribution in [0.1, 0.15) is 11.1 Å². The fourth-order valence-corrected chi connectivity index (χ4v) is 3.54. The predicted molar refractivity (Wildman–Crippen MR) is 83.6 cm³/mol. The Balaban J connectivity index is 2.61. The van der Waals surface area contributed by atoms with Gasteiger partial charge in [-0.15, -0.1) is 11.6 Å². The molecule has 2 heteroatoms. The topological polar surface area (TPSA) is 0 Å². The van der Waals surface area contributed by atoms with E-state index < -0.39 is 0 Å². The lowest BCUT2D eigenvalue weighted by molar-refractivity contribution is 1.35. The molecule has 0 saturated carbocycles. The summed E-state index contributed by atoms with van der Waals surface area (Å²) in [6.45, 7) is 0. The minimum Gasteiger partial charge on any atom is -0.122 e. The number of halogens is 2. The number of hydrogen-bond donors (Lipinski definition) is 0. The van der Waals surface area contributed by atoms with Crippen LogP contribution >= 0.6 is 27.5 Å². The van der Waals surface area contributed by atoms with Gasteiger partial charge in [0.05, 0.1) is 0 Å². The minimum absolute atomic E-state index is 0.548. The summed E-state index contributed by atoms with van der Waals surface area (Å²) in [5.74, 6) is 0.548. The zero-order chi connectivity index (χ0) is 12.5. The van der Waals surface area contributed by atoms with Gasteiger partial charge in [0.25, 0.3) is 0 Å². The van der Waals surface area contributed by atoms with E-state index in [1.807, 2.05) is 0 Å². The molecular weight excluding hydrogens is 308 g/mol. The van der Waals surface area contributed by atoms with Crippen LogP contribution in [0.25, 0.3) is 21.5 Å². The van der Waals surface area contributed by atoms with Crippen LogP contribution < -0.4 is 0 Å². The summed E-state index contributed by atoms with van der Waals surface area (Å²) in [4.78, 5) is 0. The zero-order valence-corrected chi connectivity index (χ0v) is 12.1. The second kappa shape index (κ2) is 4.91. The first kappa shape index (κ1) is 12.0. The Morgan fingerprint density at radius 1 is 0.722 bits per heavy atom. The van der Waals surface area contributed by atoms with Gasteiger partial charge >= 0.3 is 0 Å². The third-order valence-corrected chi connectivity index (χ3v) is 4.25. The third kappa shape index (κ3) is 1.73. The molecule has 0 unspecified atom stereocenters. The molecule has 0 N–H and O–H groups in total. The standard InChI is InChI=1S/C16H12BrCl/c17-9-15-13-7-3-1-5-11(13)12-6-2-4-8-14(12)16(15)10-18/h1-8H,9-10H2. The fourth-order valence-electron chi connectivity index (χ4n) is 2.59. The molecule has 0 heterocycles. The SMILES string of the molecule is ClCc1c(CBr)c2ccccc2c2ccccc12. The van der Waals surface area contributed by atoms with Gasteiger partial charge in [0.2, 0.25) is 0 Å². The summed E-state index contributed by atoms with van der Waals surface area (Å²) in [6.07, 6.45) is 0. The van der Waals surface area contributed by atoms with Gasteiger partial charge in [0, 0.05) is 11.2 Å². The molecule has 0 aromatic heterocycles. The maximum atomic E-state index is 6.17. The van der Waals surface area contributed by atoms with Crippen LogP contribution in [0.2, 0.25) is 0 Å². The lowest BCUT2D eigenvalue weighted by atomic mass is 9.93. The molecule has 0 radical (unpaired) electrons. The summed E-state index contributed by atoms with van der Waals surface area (Å²) in [6, 6.07) is 17.0. The van der Waals surface area contributed by atoms with Gasteiger partial charge in [0.15, 0.2) is 0 Å². The first-order valence-electron chi connectivity index (χ1n) is 5.90. The largest absolute Gasteiger partial charge is 0.122 e. The monoisotopic (exact) mass is 318 g/mol. The van der Waals surface area contributed by atoms with E-state index in [9.17, 15) is 0 Å². The third-order valence-electron chi connectivity index (χ3n) is 3.43. The van der Waals surface area contributed by atoms with Crippen molar-refractivity contribution in [2.24, 2.45) is 0 Å². The summed E-state index contributed by atoms with van der Waals surface area (Å²) < 4.78 is 0. The molecular formula is C16H12BrCl. The average molecular weight is 320 g/mol. The fraction of sp³-hybridized carbons (Fsp3) is 0.125. The maximum absolute atomic E-state index is 6.17. The van der Waals surface area contributed by atoms with Crippen LogP contribution in [-0.4, -0.2) is 0 Å². The molecule has 0 bridgehead atoms. The van der Waals surface area contributed by atoms with E-state index in [4.69, 9.17) is 11.6 Å². The normalized spacial score (nSPS) is 11.2. The summed E-state index contributed by atoms with van der Waals surface area (Å²) in [5, 5.41) is 5.98. The van der Waals surface area contributed by atoms with E-state index in [-0.39, 0.29) is 0 Å². The highest BCUT2D eigenvalue weighted by Crippen LogP contribution is 2.34. The number of alkyl halides is 2. The highest BCUT2D eigenvalue weighted by atomic mass is 79.9. The van der Waals surface area contributed by atoms with E-state index in [1.165, 1.54) is 32.7 Å². The Kier molecular flexibility index (Phi) is 3.27. The minimum atomic E-state index is 0.548. The van der Waals surface area contributed by atoms with E-state index in [1.54, 1.807) is 0 Å². The second-order valence-electron chi connectivity index (χ2n) is 4.32. The second-order valence-corrected chi connectivity index (χ2v) is 5.14. The lowest BCUT2D eigenvalue weighted by Crippen LogP contribution is -1.93. The maximum Gasteiger partial charge on any atom is 0.0483 e. The Bertz CT molecular complexity index is 656. The van der Waals surface area contributed by atoms with Gasteiger partial charge in [0.1, 0.15) is 0 Å². The van der Waals surface area contributed by atoms with Crippen LogP contribution in [0.15, 0.2) is 48.5 Å². The van der Waals surface area contributed by atoms with Crippen molar-refractivity contribution in [2.75, 3.05) is 0 Å². The van der Waals surface area contributed by atoms with Gasteiger partial charge in [-0.05, 0) is 32.7 Å². The van der Waals surface area contributed by atoms with Crippen LogP contribution in [0.4, 0.5) is 0 Å². The lowest BCUT2D eigenvalue weighted by Gasteiger charge is -2.14. The molecule has 0 aliphatic heterocycles. The zero-order valence-electron chi connectivity index (χ0n) is 9.79. The van der Waals surface area contributed by atoms with Gasteiger partial charge in [-0.3, -0.25) is 0 Å². The van der Waals surface area contributed by atoms with Gasteiger partial charge in [-0.2, -0.15) is 0 Å². The molecule has 90 valence electrons. The molecule has 0 aliphatic rings. The number of benzene rings is 3. The van der Waals surface area contributed by atoms with E-state index in [0.29, 0.717) is 5.88 Å². The molecule has 0 saturated heterocycles. The highest BCUT2D eigenvalue weighted by Gasteiger charge is 2.11. The van der Waals surface area contributed by atoms with Crippen LogP contribution in [0, 0.1) is 0 Å². The van der Waals surface area contributed by atoms with E-state index in [2.05, 4.69) is 64.5 Å². The van der Waals surface area contributed by atoms with Crippen molar-refractivity contribution >= 4 is 49.1 Å². The molecule has 0 atom stereocenters. The highest BCUT2D eigenvalue weighted by molar-refractivity contribution is 9.08. The quantitative estimate of drug-likeness (QED) is 0.424. The van der Waals surface area contributed by atoms with E-state index in [0.717, 1.165) is 5.33 Å². The van der Waals surface area contributed by atoms with Crippen LogP contribution in [0.5, 0.6) is 0 Å². The number of hydrogen-bond acceptors (Lipinski definition) is 0. The van der Waals surface area contributed by atoms with Crippen molar-refractivity contribution in [3.8, 4) is 0 Å². The average Bonchev–Trinajstić information content (AvgIpc) is 2.45. The smallest absolute Gasteiger partial charge is 0.0483 e. The molecule has 18 heavy (non-hydrogen) atoms. The number of fused-ring (bicyclic) bond motifs is 3. The summed E-state index contributed by atoms with van der Waals surface area (Å²) in [7, 11) is 0. The molecule has 0 nitrogen and oxygen atoms in total. The van der Waals surface area contributed by atoms with E-state index >= 15 is 0 Å². The molecule has 3 rings (SSSR count). The summed E-state index contributed by atoms with van der Waals surface area (Å²) in [5.41, 5.74) is 2.54. The van der Waals surface area contributed by atoms with Gasteiger partial charge in [-0.25, -0.2) is 0 Å². The van der Waals surface area contributed by atoms with Crippen molar-refractivity contribution in [3.05, 3.63) is 59.7 Å².